The van der Waals surface area contributed by atoms with Crippen molar-refractivity contribution < 1.29 is 0 Å². The Balaban J connectivity index is 1.69. The second kappa shape index (κ2) is 7.95. The predicted octanol–water partition coefficient (Wildman–Crippen LogP) is 3.83. The van der Waals surface area contributed by atoms with Crippen LogP contribution in [0.2, 0.25) is 0 Å². The third-order valence-electron chi connectivity index (χ3n) is 6.10. The Kier molecular flexibility index (Phi) is 5.49. The Morgan fingerprint density at radius 1 is 1.13 bits per heavy atom. The van der Waals surface area contributed by atoms with Crippen molar-refractivity contribution in [1.82, 2.24) is 30.1 Å². The second-order valence-corrected chi connectivity index (χ2v) is 9.69. The summed E-state index contributed by atoms with van der Waals surface area (Å²) in [5, 5.41) is 13.5. The van der Waals surface area contributed by atoms with Crippen LogP contribution in [0.25, 0.3) is 10.9 Å². The van der Waals surface area contributed by atoms with Gasteiger partial charge in [0.2, 0.25) is 0 Å². The molecule has 2 aromatic heterocycles. The average molecular weight is 409 g/mol. The quantitative estimate of drug-likeness (QED) is 0.694. The number of rotatable bonds is 5. The molecule has 1 fully saturated rings. The van der Waals surface area contributed by atoms with Gasteiger partial charge in [0.1, 0.15) is 0 Å². The average Bonchev–Trinajstić information content (AvgIpc) is 3.33. The molecule has 1 aliphatic rings. The zero-order chi connectivity index (χ0) is 21.5. The van der Waals surface area contributed by atoms with Gasteiger partial charge >= 0.3 is 0 Å². The van der Waals surface area contributed by atoms with Crippen molar-refractivity contribution in [2.45, 2.75) is 85.0 Å². The summed E-state index contributed by atoms with van der Waals surface area (Å²) in [6.07, 6.45) is 4.78. The molecule has 30 heavy (non-hydrogen) atoms. The number of aryl methyl sites for hydroxylation is 2. The summed E-state index contributed by atoms with van der Waals surface area (Å²) in [5.74, 6) is 0.846. The molecule has 0 saturated heterocycles. The van der Waals surface area contributed by atoms with E-state index in [9.17, 15) is 4.79 Å². The first-order valence-electron chi connectivity index (χ1n) is 10.9. The zero-order valence-electron chi connectivity index (χ0n) is 18.7. The summed E-state index contributed by atoms with van der Waals surface area (Å²) in [6, 6.07) is 6.75. The van der Waals surface area contributed by atoms with E-state index in [1.54, 1.807) is 0 Å². The molecule has 0 aliphatic heterocycles. The molecule has 0 spiro atoms. The number of fused-ring (bicyclic) bond motifs is 1. The van der Waals surface area contributed by atoms with Crippen molar-refractivity contribution in [3.63, 3.8) is 0 Å². The Hall–Kier alpha value is -2.54. The maximum Gasteiger partial charge on any atom is 0.252 e. The summed E-state index contributed by atoms with van der Waals surface area (Å²) >= 11 is 0. The molecule has 160 valence electrons. The third-order valence-corrected chi connectivity index (χ3v) is 6.10. The SMILES string of the molecule is Cc1cc(C)c2[nH]c(=O)c(CN(Cc3nnnn3C(C)(C)C)C3CCCC3)cc2c1. The van der Waals surface area contributed by atoms with Gasteiger partial charge in [-0.15, -0.1) is 5.10 Å². The smallest absolute Gasteiger partial charge is 0.252 e. The van der Waals surface area contributed by atoms with Crippen molar-refractivity contribution in [2.24, 2.45) is 0 Å². The highest BCUT2D eigenvalue weighted by atomic mass is 16.1. The first-order chi connectivity index (χ1) is 14.2. The third kappa shape index (κ3) is 4.17. The van der Waals surface area contributed by atoms with Crippen molar-refractivity contribution >= 4 is 10.9 Å². The van der Waals surface area contributed by atoms with Crippen LogP contribution in [-0.4, -0.2) is 36.1 Å². The highest BCUT2D eigenvalue weighted by Gasteiger charge is 2.27. The molecule has 1 N–H and O–H groups in total. The van der Waals surface area contributed by atoms with Gasteiger partial charge in [-0.25, -0.2) is 4.68 Å². The lowest BCUT2D eigenvalue weighted by atomic mass is 10.0. The van der Waals surface area contributed by atoms with E-state index in [4.69, 9.17) is 0 Å². The highest BCUT2D eigenvalue weighted by Crippen LogP contribution is 2.27. The molecule has 1 aliphatic carbocycles. The molecule has 7 nitrogen and oxygen atoms in total. The summed E-state index contributed by atoms with van der Waals surface area (Å²) < 4.78 is 1.90. The standard InChI is InChI=1S/C23H32N6O/c1-15-10-16(2)21-17(11-15)12-18(22(30)24-21)13-28(19-8-6-7-9-19)14-20-25-26-27-29(20)23(3,4)5/h10-12,19H,6-9,13-14H2,1-5H3,(H,24,30). The van der Waals surface area contributed by atoms with Gasteiger partial charge in [-0.1, -0.05) is 24.5 Å². The molecule has 7 heteroatoms. The molecule has 3 aromatic rings. The van der Waals surface area contributed by atoms with Crippen LogP contribution in [0.4, 0.5) is 0 Å². The molecule has 1 saturated carbocycles. The lowest BCUT2D eigenvalue weighted by molar-refractivity contribution is 0.167. The molecular weight excluding hydrogens is 376 g/mol. The van der Waals surface area contributed by atoms with Gasteiger partial charge in [-0.05, 0) is 81.0 Å². The van der Waals surface area contributed by atoms with Crippen LogP contribution in [0, 0.1) is 13.8 Å². The predicted molar refractivity (Wildman–Crippen MR) is 118 cm³/mol. The van der Waals surface area contributed by atoms with Gasteiger partial charge in [0.25, 0.3) is 5.56 Å². The van der Waals surface area contributed by atoms with Crippen LogP contribution in [0.15, 0.2) is 23.0 Å². The van der Waals surface area contributed by atoms with Gasteiger partial charge in [0.15, 0.2) is 5.82 Å². The number of nitrogens with zero attached hydrogens (tertiary/aromatic N) is 5. The Bertz CT molecular complexity index is 1100. The van der Waals surface area contributed by atoms with E-state index in [0.717, 1.165) is 40.7 Å². The van der Waals surface area contributed by atoms with Crippen LogP contribution in [0.3, 0.4) is 0 Å². The minimum atomic E-state index is -0.185. The summed E-state index contributed by atoms with van der Waals surface area (Å²) in [6.45, 7) is 11.7. The topological polar surface area (TPSA) is 79.7 Å². The van der Waals surface area contributed by atoms with Gasteiger partial charge in [-0.2, -0.15) is 0 Å². The highest BCUT2D eigenvalue weighted by molar-refractivity contribution is 5.82. The molecule has 0 unspecified atom stereocenters. The minimum Gasteiger partial charge on any atom is -0.321 e. The number of nitrogens with one attached hydrogen (secondary N) is 1. The van der Waals surface area contributed by atoms with Crippen molar-refractivity contribution in [3.8, 4) is 0 Å². The molecule has 2 heterocycles. The summed E-state index contributed by atoms with van der Waals surface area (Å²) in [4.78, 5) is 18.4. The number of H-pyrrole nitrogens is 1. The number of benzene rings is 1. The fraction of sp³-hybridized carbons (Fsp3) is 0.565. The van der Waals surface area contributed by atoms with Crippen LogP contribution in [0.1, 0.15) is 69.0 Å². The zero-order valence-corrected chi connectivity index (χ0v) is 18.7. The lowest BCUT2D eigenvalue weighted by Gasteiger charge is -2.29. The van der Waals surface area contributed by atoms with Crippen LogP contribution >= 0.6 is 0 Å². The minimum absolute atomic E-state index is 0.00661. The monoisotopic (exact) mass is 408 g/mol. The van der Waals surface area contributed by atoms with Gasteiger partial charge in [-0.3, -0.25) is 9.69 Å². The van der Waals surface area contributed by atoms with Crippen LogP contribution < -0.4 is 5.56 Å². The largest absolute Gasteiger partial charge is 0.321 e. The van der Waals surface area contributed by atoms with E-state index in [1.165, 1.54) is 18.4 Å². The molecule has 4 rings (SSSR count). The van der Waals surface area contributed by atoms with E-state index in [-0.39, 0.29) is 11.1 Å². The van der Waals surface area contributed by atoms with Gasteiger partial charge in [0.05, 0.1) is 17.6 Å². The molecule has 0 amide bonds. The first-order valence-corrected chi connectivity index (χ1v) is 10.9. The van der Waals surface area contributed by atoms with Gasteiger partial charge < -0.3 is 4.98 Å². The fourth-order valence-corrected chi connectivity index (χ4v) is 4.66. The normalized spacial score (nSPS) is 15.5. The van der Waals surface area contributed by atoms with Crippen molar-refractivity contribution in [1.29, 1.82) is 0 Å². The van der Waals surface area contributed by atoms with E-state index in [1.807, 2.05) is 11.6 Å². The molecule has 1 aromatic carbocycles. The number of hydrogen-bond donors (Lipinski definition) is 1. The van der Waals surface area contributed by atoms with Crippen LogP contribution in [-0.2, 0) is 18.6 Å². The number of tetrazole rings is 1. The van der Waals surface area contributed by atoms with Crippen molar-refractivity contribution in [2.75, 3.05) is 0 Å². The summed E-state index contributed by atoms with van der Waals surface area (Å²) in [7, 11) is 0. The molecule has 0 bridgehead atoms. The lowest BCUT2D eigenvalue weighted by Crippen LogP contribution is -2.36. The summed E-state index contributed by atoms with van der Waals surface area (Å²) in [5.41, 5.74) is 3.84. The van der Waals surface area contributed by atoms with Crippen LogP contribution in [0.5, 0.6) is 0 Å². The van der Waals surface area contributed by atoms with Crippen molar-refractivity contribution in [3.05, 3.63) is 51.1 Å². The fourth-order valence-electron chi connectivity index (χ4n) is 4.66. The Morgan fingerprint density at radius 3 is 2.57 bits per heavy atom. The van der Waals surface area contributed by atoms with Gasteiger partial charge in [0, 0.05) is 18.2 Å². The molecule has 0 radical (unpaired) electrons. The van der Waals surface area contributed by atoms with E-state index < -0.39 is 0 Å². The number of hydrogen-bond acceptors (Lipinski definition) is 5. The molecular formula is C23H32N6O. The molecule has 0 atom stereocenters. The Labute approximate surface area is 177 Å². The van der Waals surface area contributed by atoms with E-state index in [2.05, 4.69) is 71.3 Å². The van der Waals surface area contributed by atoms with E-state index >= 15 is 0 Å². The number of pyridine rings is 1. The number of aromatic nitrogens is 5. The second-order valence-electron chi connectivity index (χ2n) is 9.69. The van der Waals surface area contributed by atoms with E-state index in [0.29, 0.717) is 19.1 Å². The first kappa shape index (κ1) is 20.7. The maximum atomic E-state index is 12.9. The maximum absolute atomic E-state index is 12.9. The number of aromatic amines is 1. The Morgan fingerprint density at radius 2 is 1.87 bits per heavy atom.